The zero-order valence-corrected chi connectivity index (χ0v) is 20.9. The van der Waals surface area contributed by atoms with Gasteiger partial charge in [-0.1, -0.05) is 30.3 Å². The molecule has 2 rings (SSSR count). The number of nitrogens with one attached hydrogen (secondary N) is 2. The Balaban J connectivity index is 0.00000450. The number of carbonyl (C=O) groups excluding carboxylic acids is 1. The number of hydrogen-bond donors (Lipinski definition) is 2. The number of nitrogens with zero attached hydrogens (tertiary/aromatic N) is 3. The van der Waals surface area contributed by atoms with Gasteiger partial charge in [0, 0.05) is 60.0 Å². The van der Waals surface area contributed by atoms with Crippen molar-refractivity contribution >= 4 is 35.8 Å². The molecule has 0 bridgehead atoms. The molecule has 1 heterocycles. The molecule has 8 heteroatoms. The molecule has 0 atom stereocenters. The largest absolute Gasteiger partial charge is 0.385 e. The molecule has 1 aliphatic rings. The molecule has 0 aromatic heterocycles. The van der Waals surface area contributed by atoms with Crippen LogP contribution in [-0.2, 0) is 16.0 Å². The van der Waals surface area contributed by atoms with E-state index >= 15 is 0 Å². The fourth-order valence-corrected chi connectivity index (χ4v) is 3.34. The summed E-state index contributed by atoms with van der Waals surface area (Å²) in [5.74, 6) is 0.732. The number of methoxy groups -OCH3 is 1. The van der Waals surface area contributed by atoms with E-state index in [0.717, 1.165) is 64.4 Å². The van der Waals surface area contributed by atoms with Crippen LogP contribution in [0.25, 0.3) is 0 Å². The lowest BCUT2D eigenvalue weighted by atomic mass is 10.1. The van der Waals surface area contributed by atoms with E-state index in [1.54, 1.807) is 26.1 Å². The van der Waals surface area contributed by atoms with Gasteiger partial charge in [0.15, 0.2) is 5.96 Å². The molecule has 1 amide bonds. The smallest absolute Gasteiger partial charge is 0.243 e. The summed E-state index contributed by atoms with van der Waals surface area (Å²) >= 11 is 0. The highest BCUT2D eigenvalue weighted by atomic mass is 127. The molecule has 170 valence electrons. The highest BCUT2D eigenvalue weighted by Gasteiger charge is 2.19. The van der Waals surface area contributed by atoms with Crippen LogP contribution in [0.3, 0.4) is 0 Å². The second-order valence-corrected chi connectivity index (χ2v) is 7.72. The molecule has 7 nitrogen and oxygen atoms in total. The molecule has 0 saturated carbocycles. The first-order chi connectivity index (χ1) is 14.1. The van der Waals surface area contributed by atoms with Crippen LogP contribution in [0.1, 0.15) is 24.8 Å². The number of rotatable bonds is 10. The number of carbonyl (C=O) groups is 1. The standard InChI is InChI=1S/C22H37N5O2.HI/c1-26(2)21(28)18-24-22(23-13-10-19-8-5-4-6-9-19)25-20-11-15-27(16-12-20)14-7-17-29-3;/h4-6,8-9,20H,7,10-18H2,1-3H3,(H2,23,24,25);1H. The number of guanidine groups is 1. The number of ether oxygens (including phenoxy) is 1. The molecule has 1 aromatic carbocycles. The molecule has 1 fully saturated rings. The predicted molar refractivity (Wildman–Crippen MR) is 134 cm³/mol. The number of aliphatic imine (C=N–C) groups is 1. The first kappa shape index (κ1) is 26.6. The monoisotopic (exact) mass is 531 g/mol. The Hall–Kier alpha value is -1.39. The quantitative estimate of drug-likeness (QED) is 0.209. The van der Waals surface area contributed by atoms with Gasteiger partial charge in [-0.2, -0.15) is 0 Å². The average Bonchev–Trinajstić information content (AvgIpc) is 2.73. The third-order valence-electron chi connectivity index (χ3n) is 5.17. The number of hydrogen-bond acceptors (Lipinski definition) is 4. The Morgan fingerprint density at radius 1 is 1.23 bits per heavy atom. The average molecular weight is 531 g/mol. The molecular weight excluding hydrogens is 493 g/mol. The Kier molecular flexibility index (Phi) is 13.7. The molecule has 1 aliphatic heterocycles. The van der Waals surface area contributed by atoms with Crippen molar-refractivity contribution in [1.29, 1.82) is 0 Å². The topological polar surface area (TPSA) is 69.2 Å². The summed E-state index contributed by atoms with van der Waals surface area (Å²) in [6.45, 7) is 5.00. The Labute approximate surface area is 198 Å². The molecule has 0 radical (unpaired) electrons. The van der Waals surface area contributed by atoms with Crippen LogP contribution >= 0.6 is 24.0 Å². The van der Waals surface area contributed by atoms with Crippen molar-refractivity contribution in [2.45, 2.75) is 31.7 Å². The summed E-state index contributed by atoms with van der Waals surface area (Å²) in [6.07, 6.45) is 4.15. The lowest BCUT2D eigenvalue weighted by Gasteiger charge is -2.33. The van der Waals surface area contributed by atoms with Gasteiger partial charge in [-0.25, -0.2) is 4.99 Å². The van der Waals surface area contributed by atoms with Crippen LogP contribution in [0.2, 0.25) is 0 Å². The highest BCUT2D eigenvalue weighted by Crippen LogP contribution is 2.10. The number of likely N-dealkylation sites (N-methyl/N-ethyl adjacent to an activating group) is 1. The van der Waals surface area contributed by atoms with Crippen molar-refractivity contribution in [1.82, 2.24) is 20.4 Å². The molecule has 2 N–H and O–H groups in total. The second-order valence-electron chi connectivity index (χ2n) is 7.72. The molecule has 30 heavy (non-hydrogen) atoms. The van der Waals surface area contributed by atoms with Crippen molar-refractivity contribution in [3.8, 4) is 0 Å². The number of halogens is 1. The van der Waals surface area contributed by atoms with E-state index in [1.807, 2.05) is 6.07 Å². The van der Waals surface area contributed by atoms with E-state index in [2.05, 4.69) is 44.8 Å². The van der Waals surface area contributed by atoms with Gasteiger partial charge >= 0.3 is 0 Å². The SMILES string of the molecule is COCCCN1CCC(NC(=NCC(=O)N(C)C)NCCc2ccccc2)CC1.I. The summed E-state index contributed by atoms with van der Waals surface area (Å²) in [5.41, 5.74) is 1.29. The third-order valence-corrected chi connectivity index (χ3v) is 5.17. The fraction of sp³-hybridized carbons (Fsp3) is 0.636. The Bertz CT molecular complexity index is 619. The van der Waals surface area contributed by atoms with Gasteiger partial charge in [0.1, 0.15) is 6.54 Å². The summed E-state index contributed by atoms with van der Waals surface area (Å²) in [7, 11) is 5.27. The van der Waals surface area contributed by atoms with Crippen molar-refractivity contribution in [3.63, 3.8) is 0 Å². The van der Waals surface area contributed by atoms with Crippen molar-refractivity contribution in [3.05, 3.63) is 35.9 Å². The van der Waals surface area contributed by atoms with E-state index in [9.17, 15) is 4.79 Å². The van der Waals surface area contributed by atoms with Crippen molar-refractivity contribution in [2.24, 2.45) is 4.99 Å². The van der Waals surface area contributed by atoms with Crippen LogP contribution in [0.15, 0.2) is 35.3 Å². The highest BCUT2D eigenvalue weighted by molar-refractivity contribution is 14.0. The summed E-state index contributed by atoms with van der Waals surface area (Å²) in [6, 6.07) is 10.8. The maximum absolute atomic E-state index is 11.9. The minimum atomic E-state index is 0. The van der Waals surface area contributed by atoms with E-state index in [1.165, 1.54) is 5.56 Å². The Morgan fingerprint density at radius 3 is 2.57 bits per heavy atom. The van der Waals surface area contributed by atoms with Crippen LogP contribution in [-0.4, -0.2) is 88.2 Å². The number of benzene rings is 1. The number of amides is 1. The molecule has 1 aromatic rings. The van der Waals surface area contributed by atoms with Crippen LogP contribution < -0.4 is 10.6 Å². The van der Waals surface area contributed by atoms with Crippen LogP contribution in [0.4, 0.5) is 0 Å². The molecule has 0 unspecified atom stereocenters. The van der Waals surface area contributed by atoms with Gasteiger partial charge in [0.2, 0.25) is 5.91 Å². The van der Waals surface area contributed by atoms with Gasteiger partial charge in [0.25, 0.3) is 0 Å². The van der Waals surface area contributed by atoms with Crippen molar-refractivity contribution < 1.29 is 9.53 Å². The second kappa shape index (κ2) is 15.4. The van der Waals surface area contributed by atoms with E-state index in [-0.39, 0.29) is 36.4 Å². The minimum absolute atomic E-state index is 0. The van der Waals surface area contributed by atoms with Crippen LogP contribution in [0, 0.1) is 0 Å². The third kappa shape index (κ3) is 10.6. The van der Waals surface area contributed by atoms with Crippen molar-refractivity contribution in [2.75, 3.05) is 60.5 Å². The first-order valence-electron chi connectivity index (χ1n) is 10.6. The zero-order chi connectivity index (χ0) is 20.9. The maximum atomic E-state index is 11.9. The van der Waals surface area contributed by atoms with Gasteiger partial charge < -0.3 is 25.2 Å². The minimum Gasteiger partial charge on any atom is -0.385 e. The summed E-state index contributed by atoms with van der Waals surface area (Å²) in [4.78, 5) is 20.5. The lowest BCUT2D eigenvalue weighted by Crippen LogP contribution is -2.49. The molecule has 0 aliphatic carbocycles. The van der Waals surface area contributed by atoms with E-state index in [0.29, 0.717) is 6.04 Å². The van der Waals surface area contributed by atoms with E-state index < -0.39 is 0 Å². The molecule has 0 spiro atoms. The lowest BCUT2D eigenvalue weighted by molar-refractivity contribution is -0.127. The van der Waals surface area contributed by atoms with Gasteiger partial charge in [0.05, 0.1) is 0 Å². The van der Waals surface area contributed by atoms with Gasteiger partial charge in [-0.05, 0) is 31.2 Å². The maximum Gasteiger partial charge on any atom is 0.243 e. The number of likely N-dealkylation sites (tertiary alicyclic amines) is 1. The number of piperidine rings is 1. The van der Waals surface area contributed by atoms with Gasteiger partial charge in [-0.15, -0.1) is 24.0 Å². The predicted octanol–water partition coefficient (Wildman–Crippen LogP) is 1.97. The first-order valence-corrected chi connectivity index (χ1v) is 10.6. The summed E-state index contributed by atoms with van der Waals surface area (Å²) < 4.78 is 5.15. The molecule has 1 saturated heterocycles. The van der Waals surface area contributed by atoms with E-state index in [4.69, 9.17) is 4.74 Å². The zero-order valence-electron chi connectivity index (χ0n) is 18.6. The molecular formula is C22H38IN5O2. The Morgan fingerprint density at radius 2 is 1.93 bits per heavy atom. The normalized spacial score (nSPS) is 15.4. The van der Waals surface area contributed by atoms with Crippen LogP contribution in [0.5, 0.6) is 0 Å². The summed E-state index contributed by atoms with van der Waals surface area (Å²) in [5, 5.41) is 6.94. The fourth-order valence-electron chi connectivity index (χ4n) is 3.34. The van der Waals surface area contributed by atoms with Gasteiger partial charge in [-0.3, -0.25) is 4.79 Å².